The number of ketones is 1. The Morgan fingerprint density at radius 1 is 0.875 bits per heavy atom. The second kappa shape index (κ2) is 13.0. The number of amides is 1. The molecular weight excluding hydrogens is 510 g/mol. The summed E-state index contributed by atoms with van der Waals surface area (Å²) in [6.07, 6.45) is 1.38. The van der Waals surface area contributed by atoms with Crippen LogP contribution in [0.1, 0.15) is 30.4 Å². The minimum atomic E-state index is -0.942. The van der Waals surface area contributed by atoms with Crippen LogP contribution in [-0.2, 0) is 36.8 Å². The standard InChI is InChI=1S/C32H31NO7/c34-30-26-17-16-25(19-28(26)37-21-29(30)39-24-14-8-3-9-15-24)40-31(35)27(18-22-10-4-1-5-11-22)33-32(36)38-20-23-12-6-2-7-13-23/h1-15,21,25-28H,16-20H2,(H,33,36). The van der Waals surface area contributed by atoms with E-state index in [0.717, 1.165) is 11.1 Å². The van der Waals surface area contributed by atoms with Gasteiger partial charge in [-0.1, -0.05) is 78.9 Å². The Balaban J connectivity index is 1.19. The SMILES string of the molecule is O=C(NC(Cc1ccccc1)C(=O)OC1CCC2C(=O)C(Oc3ccccc3)=COC2C1)OCc1ccccc1. The predicted octanol–water partition coefficient (Wildman–Crippen LogP) is 5.12. The Hall–Kier alpha value is -4.59. The first kappa shape index (κ1) is 27.0. The third-order valence-electron chi connectivity index (χ3n) is 7.00. The van der Waals surface area contributed by atoms with Gasteiger partial charge < -0.3 is 24.3 Å². The maximum absolute atomic E-state index is 13.3. The molecular formula is C32H31NO7. The van der Waals surface area contributed by atoms with Gasteiger partial charge in [0.05, 0.1) is 5.92 Å². The summed E-state index contributed by atoms with van der Waals surface area (Å²) in [7, 11) is 0. The highest BCUT2D eigenvalue weighted by atomic mass is 16.6. The van der Waals surface area contributed by atoms with Crippen LogP contribution < -0.4 is 10.1 Å². The summed E-state index contributed by atoms with van der Waals surface area (Å²) in [5, 5.41) is 2.67. The minimum Gasteiger partial charge on any atom is -0.493 e. The molecule has 8 heteroatoms. The Bertz CT molecular complexity index is 1330. The number of hydrogen-bond donors (Lipinski definition) is 1. The van der Waals surface area contributed by atoms with Gasteiger partial charge in [0.25, 0.3) is 0 Å². The van der Waals surface area contributed by atoms with Gasteiger partial charge in [-0.2, -0.15) is 0 Å². The Labute approximate surface area is 232 Å². The second-order valence-corrected chi connectivity index (χ2v) is 9.86. The van der Waals surface area contributed by atoms with Gasteiger partial charge in [-0.25, -0.2) is 9.59 Å². The number of hydrogen-bond acceptors (Lipinski definition) is 7. The number of rotatable bonds is 9. The molecule has 3 aromatic carbocycles. The number of alkyl carbamates (subject to hydrolysis) is 1. The van der Waals surface area contributed by atoms with Gasteiger partial charge in [-0.15, -0.1) is 0 Å². The van der Waals surface area contributed by atoms with Crippen LogP contribution in [0.3, 0.4) is 0 Å². The molecule has 0 bridgehead atoms. The largest absolute Gasteiger partial charge is 0.493 e. The number of allylic oxidation sites excluding steroid dienone is 1. The number of carbonyl (C=O) groups is 3. The molecule has 3 aromatic rings. The molecule has 0 radical (unpaired) electrons. The molecule has 2 aliphatic rings. The Kier molecular flexibility index (Phi) is 8.76. The Morgan fingerprint density at radius 3 is 2.23 bits per heavy atom. The maximum Gasteiger partial charge on any atom is 0.408 e. The molecule has 0 spiro atoms. The lowest BCUT2D eigenvalue weighted by Gasteiger charge is -2.37. The van der Waals surface area contributed by atoms with Crippen LogP contribution in [0.15, 0.2) is 103 Å². The topological polar surface area (TPSA) is 100 Å². The number of Topliss-reactive ketones (excluding diaryl/α,β-unsaturated/α-hetero) is 1. The highest BCUT2D eigenvalue weighted by Gasteiger charge is 2.42. The zero-order valence-electron chi connectivity index (χ0n) is 21.9. The molecule has 0 aromatic heterocycles. The lowest BCUT2D eigenvalue weighted by atomic mass is 9.80. The van der Waals surface area contributed by atoms with Crippen LogP contribution in [0.25, 0.3) is 0 Å². The van der Waals surface area contributed by atoms with Crippen LogP contribution in [-0.4, -0.2) is 36.1 Å². The van der Waals surface area contributed by atoms with Crippen LogP contribution in [0, 0.1) is 5.92 Å². The molecule has 8 nitrogen and oxygen atoms in total. The quantitative estimate of drug-likeness (QED) is 0.375. The normalized spacial score (nSPS) is 20.6. The zero-order valence-corrected chi connectivity index (χ0v) is 21.9. The van der Waals surface area contributed by atoms with Crippen LogP contribution in [0.5, 0.6) is 5.75 Å². The molecule has 40 heavy (non-hydrogen) atoms. The van der Waals surface area contributed by atoms with E-state index in [1.165, 1.54) is 6.26 Å². The third-order valence-corrected chi connectivity index (χ3v) is 7.00. The molecule has 1 amide bonds. The number of ether oxygens (including phenoxy) is 4. The number of fused-ring (bicyclic) bond motifs is 1. The maximum atomic E-state index is 13.3. The van der Waals surface area contributed by atoms with Crippen molar-refractivity contribution >= 4 is 17.8 Å². The molecule has 4 atom stereocenters. The van der Waals surface area contributed by atoms with Crippen LogP contribution >= 0.6 is 0 Å². The van der Waals surface area contributed by atoms with Gasteiger partial charge in [0.15, 0.2) is 0 Å². The molecule has 0 saturated heterocycles. The molecule has 5 rings (SSSR count). The van der Waals surface area contributed by atoms with Gasteiger partial charge in [0, 0.05) is 12.8 Å². The monoisotopic (exact) mass is 541 g/mol. The number of para-hydroxylation sites is 1. The van der Waals surface area contributed by atoms with Crippen molar-refractivity contribution in [3.05, 3.63) is 114 Å². The number of benzene rings is 3. The summed E-state index contributed by atoms with van der Waals surface area (Å²) < 4.78 is 22.8. The summed E-state index contributed by atoms with van der Waals surface area (Å²) in [5.41, 5.74) is 1.71. The summed E-state index contributed by atoms with van der Waals surface area (Å²) in [6, 6.07) is 26.8. The molecule has 206 valence electrons. The van der Waals surface area contributed by atoms with E-state index in [0.29, 0.717) is 25.0 Å². The smallest absolute Gasteiger partial charge is 0.408 e. The van der Waals surface area contributed by atoms with E-state index in [1.807, 2.05) is 78.9 Å². The van der Waals surface area contributed by atoms with Crippen molar-refractivity contribution in [3.63, 3.8) is 0 Å². The average Bonchev–Trinajstić information content (AvgIpc) is 2.99. The molecule has 1 aliphatic heterocycles. The highest BCUT2D eigenvalue weighted by Crippen LogP contribution is 2.35. The molecule has 1 aliphatic carbocycles. The van der Waals surface area contributed by atoms with Crippen molar-refractivity contribution in [2.75, 3.05) is 0 Å². The van der Waals surface area contributed by atoms with Crippen molar-refractivity contribution in [1.29, 1.82) is 0 Å². The minimum absolute atomic E-state index is 0.0837. The first-order valence-electron chi connectivity index (χ1n) is 13.4. The van der Waals surface area contributed by atoms with E-state index in [2.05, 4.69) is 5.32 Å². The number of esters is 1. The van der Waals surface area contributed by atoms with E-state index in [-0.39, 0.29) is 30.5 Å². The summed E-state index contributed by atoms with van der Waals surface area (Å²) in [4.78, 5) is 38.9. The van der Waals surface area contributed by atoms with Crippen LogP contribution in [0.4, 0.5) is 4.79 Å². The van der Waals surface area contributed by atoms with E-state index in [9.17, 15) is 14.4 Å². The zero-order chi connectivity index (χ0) is 27.7. The van der Waals surface area contributed by atoms with Crippen molar-refractivity contribution in [3.8, 4) is 5.75 Å². The predicted molar refractivity (Wildman–Crippen MR) is 146 cm³/mol. The molecule has 1 saturated carbocycles. The van der Waals surface area contributed by atoms with Crippen LogP contribution in [0.2, 0.25) is 0 Å². The van der Waals surface area contributed by atoms with E-state index < -0.39 is 30.3 Å². The fourth-order valence-corrected chi connectivity index (χ4v) is 4.93. The average molecular weight is 542 g/mol. The summed E-state index contributed by atoms with van der Waals surface area (Å²) in [6.45, 7) is 0.0837. The van der Waals surface area contributed by atoms with Gasteiger partial charge in [-0.3, -0.25) is 4.79 Å². The summed E-state index contributed by atoms with van der Waals surface area (Å²) in [5.74, 6) is -0.315. The van der Waals surface area contributed by atoms with Gasteiger partial charge >= 0.3 is 12.1 Å². The molecule has 1 heterocycles. The van der Waals surface area contributed by atoms with E-state index in [4.69, 9.17) is 18.9 Å². The first-order valence-corrected chi connectivity index (χ1v) is 13.4. The number of carbonyl (C=O) groups excluding carboxylic acids is 3. The first-order chi connectivity index (χ1) is 19.5. The lowest BCUT2D eigenvalue weighted by molar-refractivity contribution is -0.157. The molecule has 4 unspecified atom stereocenters. The van der Waals surface area contributed by atoms with Crippen molar-refractivity contribution in [2.45, 2.75) is 50.5 Å². The van der Waals surface area contributed by atoms with E-state index >= 15 is 0 Å². The van der Waals surface area contributed by atoms with Crippen molar-refractivity contribution in [1.82, 2.24) is 5.32 Å². The Morgan fingerprint density at radius 2 is 1.52 bits per heavy atom. The fraction of sp³-hybridized carbons (Fsp3) is 0.281. The van der Waals surface area contributed by atoms with Gasteiger partial charge in [0.1, 0.15) is 36.9 Å². The lowest BCUT2D eigenvalue weighted by Crippen LogP contribution is -2.47. The summed E-state index contributed by atoms with van der Waals surface area (Å²) >= 11 is 0. The van der Waals surface area contributed by atoms with Crippen molar-refractivity contribution in [2.24, 2.45) is 5.92 Å². The molecule has 1 fully saturated rings. The third kappa shape index (κ3) is 7.08. The molecule has 1 N–H and O–H groups in total. The highest BCUT2D eigenvalue weighted by molar-refractivity contribution is 5.96. The van der Waals surface area contributed by atoms with E-state index in [1.54, 1.807) is 12.1 Å². The number of nitrogens with one attached hydrogen (secondary N) is 1. The van der Waals surface area contributed by atoms with Gasteiger partial charge in [0.2, 0.25) is 11.5 Å². The van der Waals surface area contributed by atoms with Gasteiger partial charge in [-0.05, 0) is 36.1 Å². The second-order valence-electron chi connectivity index (χ2n) is 9.86. The van der Waals surface area contributed by atoms with Crippen molar-refractivity contribution < 1.29 is 33.3 Å². The fourth-order valence-electron chi connectivity index (χ4n) is 4.93.